The third kappa shape index (κ3) is 5.21. The molecule has 1 heterocycles. The first-order valence-electron chi connectivity index (χ1n) is 8.76. The average Bonchev–Trinajstić information content (AvgIpc) is 2.50. The molecule has 1 aromatic rings. The summed E-state index contributed by atoms with van der Waals surface area (Å²) in [4.78, 5) is 14.2. The monoisotopic (exact) mass is 334 g/mol. The SMILES string of the molecule is CCC(c1ccccc1)N1CCC(NC(=O)OC(C)(C)C)C(O)C1. The van der Waals surface area contributed by atoms with Crippen molar-refractivity contribution in [3.05, 3.63) is 35.9 Å². The van der Waals surface area contributed by atoms with Gasteiger partial charge < -0.3 is 15.2 Å². The van der Waals surface area contributed by atoms with Crippen LogP contribution in [-0.2, 0) is 4.74 Å². The number of nitrogens with one attached hydrogen (secondary N) is 1. The number of likely N-dealkylation sites (tertiary alicyclic amines) is 1. The second-order valence-electron chi connectivity index (χ2n) is 7.44. The van der Waals surface area contributed by atoms with Crippen LogP contribution in [0.4, 0.5) is 4.79 Å². The molecule has 5 heteroatoms. The highest BCUT2D eigenvalue weighted by molar-refractivity contribution is 5.68. The van der Waals surface area contributed by atoms with Crippen LogP contribution in [0.25, 0.3) is 0 Å². The van der Waals surface area contributed by atoms with Gasteiger partial charge in [-0.3, -0.25) is 4.90 Å². The van der Waals surface area contributed by atoms with Crippen LogP contribution in [0.1, 0.15) is 52.1 Å². The minimum atomic E-state index is -0.593. The van der Waals surface area contributed by atoms with Crippen molar-refractivity contribution in [3.63, 3.8) is 0 Å². The van der Waals surface area contributed by atoms with E-state index >= 15 is 0 Å². The summed E-state index contributed by atoms with van der Waals surface area (Å²) >= 11 is 0. The zero-order chi connectivity index (χ0) is 17.7. The van der Waals surface area contributed by atoms with Crippen molar-refractivity contribution in [3.8, 4) is 0 Å². The number of amides is 1. The number of nitrogens with zero attached hydrogens (tertiary/aromatic N) is 1. The highest BCUT2D eigenvalue weighted by atomic mass is 16.6. The molecule has 0 aliphatic carbocycles. The summed E-state index contributed by atoms with van der Waals surface area (Å²) in [7, 11) is 0. The van der Waals surface area contributed by atoms with E-state index < -0.39 is 17.8 Å². The van der Waals surface area contributed by atoms with Crippen molar-refractivity contribution in [2.24, 2.45) is 0 Å². The summed E-state index contributed by atoms with van der Waals surface area (Å²) in [6.07, 6.45) is 0.643. The smallest absolute Gasteiger partial charge is 0.407 e. The first-order valence-corrected chi connectivity index (χ1v) is 8.76. The number of alkyl carbamates (subject to hydrolysis) is 1. The molecule has 0 radical (unpaired) electrons. The Morgan fingerprint density at radius 3 is 2.58 bits per heavy atom. The topological polar surface area (TPSA) is 61.8 Å². The van der Waals surface area contributed by atoms with Crippen molar-refractivity contribution in [1.82, 2.24) is 10.2 Å². The Morgan fingerprint density at radius 2 is 2.04 bits per heavy atom. The number of aliphatic hydroxyl groups excluding tert-OH is 1. The molecule has 1 aromatic carbocycles. The van der Waals surface area contributed by atoms with E-state index in [1.54, 1.807) is 0 Å². The second-order valence-corrected chi connectivity index (χ2v) is 7.44. The van der Waals surface area contributed by atoms with Crippen molar-refractivity contribution >= 4 is 6.09 Å². The number of hydrogen-bond donors (Lipinski definition) is 2. The van der Waals surface area contributed by atoms with Crippen molar-refractivity contribution in [2.45, 2.75) is 64.3 Å². The maximum absolute atomic E-state index is 11.9. The largest absolute Gasteiger partial charge is 0.444 e. The Labute approximate surface area is 145 Å². The summed E-state index contributed by atoms with van der Waals surface area (Å²) in [5.41, 5.74) is 0.738. The lowest BCUT2D eigenvalue weighted by Gasteiger charge is -2.40. The van der Waals surface area contributed by atoms with E-state index in [0.29, 0.717) is 19.0 Å². The third-order valence-electron chi connectivity index (χ3n) is 4.33. The molecule has 2 N–H and O–H groups in total. The van der Waals surface area contributed by atoms with Gasteiger partial charge >= 0.3 is 6.09 Å². The van der Waals surface area contributed by atoms with Gasteiger partial charge in [0.05, 0.1) is 12.1 Å². The number of carbonyl (C=O) groups excluding carboxylic acids is 1. The van der Waals surface area contributed by atoms with Gasteiger partial charge in [0.15, 0.2) is 0 Å². The number of hydrogen-bond acceptors (Lipinski definition) is 4. The van der Waals surface area contributed by atoms with Gasteiger partial charge in [-0.25, -0.2) is 4.79 Å². The van der Waals surface area contributed by atoms with Gasteiger partial charge in [0.1, 0.15) is 5.60 Å². The van der Waals surface area contributed by atoms with Gasteiger partial charge in [0.25, 0.3) is 0 Å². The molecule has 134 valence electrons. The maximum atomic E-state index is 11.9. The average molecular weight is 334 g/mol. The van der Waals surface area contributed by atoms with Crippen LogP contribution in [-0.4, -0.2) is 46.9 Å². The Kier molecular flexibility index (Phi) is 6.24. The number of benzene rings is 1. The fourth-order valence-electron chi connectivity index (χ4n) is 3.25. The number of rotatable bonds is 4. The lowest BCUT2D eigenvalue weighted by Crippen LogP contribution is -2.55. The highest BCUT2D eigenvalue weighted by Crippen LogP contribution is 2.27. The molecule has 0 spiro atoms. The maximum Gasteiger partial charge on any atom is 0.407 e. The standard InChI is InChI=1S/C19H30N2O3/c1-5-16(14-9-7-6-8-10-14)21-12-11-15(17(22)13-21)20-18(23)24-19(2,3)4/h6-10,15-17,22H,5,11-13H2,1-4H3,(H,20,23). The molecule has 0 aromatic heterocycles. The van der Waals surface area contributed by atoms with Gasteiger partial charge in [-0.1, -0.05) is 37.3 Å². The van der Waals surface area contributed by atoms with E-state index in [1.807, 2.05) is 39.0 Å². The van der Waals surface area contributed by atoms with E-state index in [-0.39, 0.29) is 6.04 Å². The van der Waals surface area contributed by atoms with Gasteiger partial charge in [-0.05, 0) is 39.2 Å². The summed E-state index contributed by atoms with van der Waals surface area (Å²) in [6, 6.07) is 10.4. The Bertz CT molecular complexity index is 527. The summed E-state index contributed by atoms with van der Waals surface area (Å²) in [5, 5.41) is 13.3. The van der Waals surface area contributed by atoms with Crippen LogP contribution in [0, 0.1) is 0 Å². The molecule has 1 aliphatic rings. The molecule has 5 nitrogen and oxygen atoms in total. The van der Waals surface area contributed by atoms with E-state index in [9.17, 15) is 9.90 Å². The fraction of sp³-hybridized carbons (Fsp3) is 0.632. The number of carbonyl (C=O) groups is 1. The highest BCUT2D eigenvalue weighted by Gasteiger charge is 2.33. The van der Waals surface area contributed by atoms with Crippen molar-refractivity contribution in [2.75, 3.05) is 13.1 Å². The number of ether oxygens (including phenoxy) is 1. The number of β-amino-alcohol motifs (C(OH)–C–C–N with tert-alkyl or cyclic N) is 1. The lowest BCUT2D eigenvalue weighted by molar-refractivity contribution is 0.00757. The van der Waals surface area contributed by atoms with Gasteiger partial charge in [0.2, 0.25) is 0 Å². The third-order valence-corrected chi connectivity index (χ3v) is 4.33. The fourth-order valence-corrected chi connectivity index (χ4v) is 3.25. The molecule has 1 aliphatic heterocycles. The molecule has 24 heavy (non-hydrogen) atoms. The second kappa shape index (κ2) is 7.99. The van der Waals surface area contributed by atoms with Gasteiger partial charge in [0, 0.05) is 19.1 Å². The minimum Gasteiger partial charge on any atom is -0.444 e. The van der Waals surface area contributed by atoms with Crippen LogP contribution in [0.2, 0.25) is 0 Å². The van der Waals surface area contributed by atoms with Crippen molar-refractivity contribution < 1.29 is 14.6 Å². The van der Waals surface area contributed by atoms with E-state index in [4.69, 9.17) is 4.74 Å². The van der Waals surface area contributed by atoms with Crippen molar-refractivity contribution in [1.29, 1.82) is 0 Å². The Balaban J connectivity index is 1.93. The number of piperidine rings is 1. The van der Waals surface area contributed by atoms with E-state index in [2.05, 4.69) is 29.3 Å². The Hall–Kier alpha value is -1.59. The lowest BCUT2D eigenvalue weighted by atomic mass is 9.96. The molecule has 1 saturated heterocycles. The van der Waals surface area contributed by atoms with Gasteiger partial charge in [-0.15, -0.1) is 0 Å². The van der Waals surface area contributed by atoms with Crippen LogP contribution < -0.4 is 5.32 Å². The zero-order valence-electron chi connectivity index (χ0n) is 15.2. The quantitative estimate of drug-likeness (QED) is 0.888. The molecule has 3 unspecified atom stereocenters. The molecule has 0 saturated carbocycles. The van der Waals surface area contributed by atoms with Crippen LogP contribution in [0.5, 0.6) is 0 Å². The first-order chi connectivity index (χ1) is 11.3. The summed E-state index contributed by atoms with van der Waals surface area (Å²) in [6.45, 7) is 9.04. The normalized spacial score (nSPS) is 23.5. The molecular formula is C19H30N2O3. The predicted octanol–water partition coefficient (Wildman–Crippen LogP) is 3.10. The Morgan fingerprint density at radius 1 is 1.38 bits per heavy atom. The molecule has 2 rings (SSSR count). The zero-order valence-corrected chi connectivity index (χ0v) is 15.2. The molecular weight excluding hydrogens is 304 g/mol. The molecule has 1 amide bonds. The molecule has 0 bridgehead atoms. The first kappa shape index (κ1) is 18.7. The van der Waals surface area contributed by atoms with Crippen LogP contribution in [0.3, 0.4) is 0 Å². The molecule has 1 fully saturated rings. The van der Waals surface area contributed by atoms with Gasteiger partial charge in [-0.2, -0.15) is 0 Å². The van der Waals surface area contributed by atoms with Crippen LogP contribution >= 0.6 is 0 Å². The molecule has 3 atom stereocenters. The summed E-state index contributed by atoms with van der Waals surface area (Å²) < 4.78 is 5.28. The predicted molar refractivity (Wildman–Crippen MR) is 94.8 cm³/mol. The minimum absolute atomic E-state index is 0.260. The number of aliphatic hydroxyl groups is 1. The summed E-state index contributed by atoms with van der Waals surface area (Å²) in [5.74, 6) is 0. The van der Waals surface area contributed by atoms with E-state index in [1.165, 1.54) is 5.56 Å². The van der Waals surface area contributed by atoms with Crippen LogP contribution in [0.15, 0.2) is 30.3 Å². The van der Waals surface area contributed by atoms with E-state index in [0.717, 1.165) is 13.0 Å².